The zero-order valence-electron chi connectivity index (χ0n) is 20.9. The first-order valence-electron chi connectivity index (χ1n) is 12.7. The molecule has 182 valence electrons. The summed E-state index contributed by atoms with van der Waals surface area (Å²) >= 11 is 5.93. The molecule has 0 heterocycles. The summed E-state index contributed by atoms with van der Waals surface area (Å²) in [7, 11) is -0.0892. The predicted octanol–water partition coefficient (Wildman–Crippen LogP) is 10.5. The normalized spacial score (nSPS) is 11.3. The van der Waals surface area contributed by atoms with E-state index in [-0.39, 0.29) is 10.9 Å². The smallest absolute Gasteiger partial charge is 0.126 e. The van der Waals surface area contributed by atoms with Gasteiger partial charge in [-0.1, -0.05) is 40.0 Å². The second-order valence-electron chi connectivity index (χ2n) is 8.33. The molecule has 0 unspecified atom stereocenters. The Hall–Kier alpha value is -0.940. The number of thioether (sulfide) groups is 3. The quantitative estimate of drug-likeness (QED) is 0.110. The van der Waals surface area contributed by atoms with Crippen molar-refractivity contribution >= 4 is 46.2 Å². The number of hydrogen-bond acceptors (Lipinski definition) is 3. The van der Waals surface area contributed by atoms with E-state index in [1.54, 1.807) is 0 Å². The van der Waals surface area contributed by atoms with Gasteiger partial charge in [-0.25, -0.2) is 0 Å². The third kappa shape index (κ3) is 8.93. The summed E-state index contributed by atoms with van der Waals surface area (Å²) in [6, 6.07) is 28.0. The highest BCUT2D eigenvalue weighted by Gasteiger charge is 2.28. The van der Waals surface area contributed by atoms with Gasteiger partial charge in [0.05, 0.1) is 10.9 Å². The summed E-state index contributed by atoms with van der Waals surface area (Å²) < 4.78 is 0. The van der Waals surface area contributed by atoms with Crippen LogP contribution in [-0.4, -0.2) is 17.3 Å². The fraction of sp³-hybridized carbons (Fsp3) is 0.400. The van der Waals surface area contributed by atoms with Crippen LogP contribution in [0.1, 0.15) is 59.3 Å². The Morgan fingerprint density at radius 2 is 0.706 bits per heavy atom. The maximum Gasteiger partial charge on any atom is 0.166 e. The molecule has 4 heteroatoms. The van der Waals surface area contributed by atoms with Crippen molar-refractivity contribution in [2.45, 2.75) is 88.7 Å². The van der Waals surface area contributed by atoms with Gasteiger partial charge in [0.2, 0.25) is 0 Å². The standard InChI is InChI=1S/C30H39S4/c1-4-7-22-31-25-10-16-28(17-11-25)34(29-18-12-26(13-19-29)32-23-8-5-2)30-20-14-27(15-21-30)33-24-9-6-3/h10-21H,4-9,22-24H2,1-3H3/q+1. The first kappa shape index (κ1) is 27.6. The zero-order valence-corrected chi connectivity index (χ0v) is 24.2. The molecule has 3 aromatic rings. The largest absolute Gasteiger partial charge is 0.166 e. The second kappa shape index (κ2) is 15.9. The highest BCUT2D eigenvalue weighted by molar-refractivity contribution is 8.00. The molecule has 0 amide bonds. The van der Waals surface area contributed by atoms with Crippen LogP contribution in [-0.2, 0) is 10.9 Å². The van der Waals surface area contributed by atoms with E-state index < -0.39 is 0 Å². The van der Waals surface area contributed by atoms with E-state index in [0.29, 0.717) is 0 Å². The Labute approximate surface area is 223 Å². The minimum absolute atomic E-state index is 0.0892. The van der Waals surface area contributed by atoms with Crippen LogP contribution >= 0.6 is 35.3 Å². The molecule has 0 bridgehead atoms. The minimum Gasteiger partial charge on any atom is -0.126 e. The molecule has 3 rings (SSSR count). The highest BCUT2D eigenvalue weighted by atomic mass is 32.2. The fourth-order valence-electron chi connectivity index (χ4n) is 3.43. The molecule has 0 saturated carbocycles. The van der Waals surface area contributed by atoms with E-state index in [1.807, 2.05) is 35.3 Å². The summed E-state index contributed by atoms with van der Waals surface area (Å²) in [4.78, 5) is 8.34. The fourth-order valence-corrected chi connectivity index (χ4v) is 8.46. The van der Waals surface area contributed by atoms with Gasteiger partial charge >= 0.3 is 0 Å². The van der Waals surface area contributed by atoms with Crippen LogP contribution < -0.4 is 0 Å². The van der Waals surface area contributed by atoms with Crippen molar-refractivity contribution in [2.24, 2.45) is 0 Å². The van der Waals surface area contributed by atoms with Crippen LogP contribution in [0.3, 0.4) is 0 Å². The molecule has 34 heavy (non-hydrogen) atoms. The maximum atomic E-state index is 2.35. The molecule has 0 aliphatic rings. The lowest BCUT2D eigenvalue weighted by atomic mass is 10.3. The van der Waals surface area contributed by atoms with Gasteiger partial charge in [0.1, 0.15) is 0 Å². The SMILES string of the molecule is CCCCSc1ccc([S+](c2ccc(SCCCC)cc2)c2ccc(SCCCC)cc2)cc1. The van der Waals surface area contributed by atoms with Crippen molar-refractivity contribution in [1.29, 1.82) is 0 Å². The number of benzene rings is 3. The van der Waals surface area contributed by atoms with Crippen LogP contribution in [0.2, 0.25) is 0 Å². The lowest BCUT2D eigenvalue weighted by Crippen LogP contribution is -2.05. The summed E-state index contributed by atoms with van der Waals surface area (Å²) in [5.41, 5.74) is 0. The molecule has 0 N–H and O–H groups in total. The number of hydrogen-bond donors (Lipinski definition) is 0. The van der Waals surface area contributed by atoms with Crippen molar-refractivity contribution < 1.29 is 0 Å². The molecular formula is C30H39S4+. The Balaban J connectivity index is 1.83. The Morgan fingerprint density at radius 1 is 0.441 bits per heavy atom. The van der Waals surface area contributed by atoms with Gasteiger partial charge in [-0.3, -0.25) is 0 Å². The van der Waals surface area contributed by atoms with E-state index in [1.165, 1.54) is 85.2 Å². The van der Waals surface area contributed by atoms with Gasteiger partial charge in [-0.05, 0) is 109 Å². The van der Waals surface area contributed by atoms with Crippen molar-refractivity contribution in [3.63, 3.8) is 0 Å². The van der Waals surface area contributed by atoms with E-state index in [2.05, 4.69) is 93.6 Å². The molecule has 0 aromatic heterocycles. The predicted molar refractivity (Wildman–Crippen MR) is 158 cm³/mol. The van der Waals surface area contributed by atoms with Gasteiger partial charge in [-0.15, -0.1) is 35.3 Å². The molecule has 0 atom stereocenters. The molecule has 0 radical (unpaired) electrons. The first-order valence-corrected chi connectivity index (χ1v) is 16.9. The Morgan fingerprint density at radius 3 is 0.941 bits per heavy atom. The molecular weight excluding hydrogens is 489 g/mol. The van der Waals surface area contributed by atoms with Crippen molar-refractivity contribution in [2.75, 3.05) is 17.3 Å². The Kier molecular flexibility index (Phi) is 13.0. The molecule has 0 aliphatic heterocycles. The lowest BCUT2D eigenvalue weighted by molar-refractivity contribution is 0.896. The summed E-state index contributed by atoms with van der Waals surface area (Å²) in [6.07, 6.45) is 7.61. The van der Waals surface area contributed by atoms with E-state index in [4.69, 9.17) is 0 Å². The topological polar surface area (TPSA) is 0 Å². The monoisotopic (exact) mass is 527 g/mol. The van der Waals surface area contributed by atoms with Crippen molar-refractivity contribution in [1.82, 2.24) is 0 Å². The third-order valence-corrected chi connectivity index (χ3v) is 11.0. The molecule has 0 fully saturated rings. The van der Waals surface area contributed by atoms with Crippen LogP contribution in [0.25, 0.3) is 0 Å². The zero-order chi connectivity index (χ0) is 24.0. The van der Waals surface area contributed by atoms with Gasteiger partial charge < -0.3 is 0 Å². The lowest BCUT2D eigenvalue weighted by Gasteiger charge is -2.10. The van der Waals surface area contributed by atoms with Crippen LogP contribution in [0.5, 0.6) is 0 Å². The van der Waals surface area contributed by atoms with Crippen molar-refractivity contribution in [3.05, 3.63) is 72.8 Å². The summed E-state index contributed by atoms with van der Waals surface area (Å²) in [5.74, 6) is 3.61. The molecule has 0 saturated heterocycles. The van der Waals surface area contributed by atoms with Crippen LogP contribution in [0.15, 0.2) is 102 Å². The molecule has 0 spiro atoms. The van der Waals surface area contributed by atoms with Crippen LogP contribution in [0.4, 0.5) is 0 Å². The summed E-state index contributed by atoms with van der Waals surface area (Å²) in [6.45, 7) is 6.78. The van der Waals surface area contributed by atoms with Gasteiger partial charge in [0.15, 0.2) is 14.7 Å². The number of rotatable bonds is 15. The Bertz CT molecular complexity index is 806. The molecule has 3 aromatic carbocycles. The van der Waals surface area contributed by atoms with E-state index >= 15 is 0 Å². The minimum atomic E-state index is -0.0892. The molecule has 0 aliphatic carbocycles. The maximum absolute atomic E-state index is 2.35. The van der Waals surface area contributed by atoms with Gasteiger partial charge in [0.25, 0.3) is 0 Å². The van der Waals surface area contributed by atoms with E-state index in [9.17, 15) is 0 Å². The first-order chi connectivity index (χ1) is 16.7. The van der Waals surface area contributed by atoms with Gasteiger partial charge in [-0.2, -0.15) is 0 Å². The van der Waals surface area contributed by atoms with E-state index in [0.717, 1.165) is 0 Å². The summed E-state index contributed by atoms with van der Waals surface area (Å²) in [5, 5.41) is 0. The highest BCUT2D eigenvalue weighted by Crippen LogP contribution is 2.35. The molecule has 0 nitrogen and oxygen atoms in total. The van der Waals surface area contributed by atoms with Crippen molar-refractivity contribution in [3.8, 4) is 0 Å². The average molecular weight is 528 g/mol. The van der Waals surface area contributed by atoms with Crippen LogP contribution in [0, 0.1) is 0 Å². The average Bonchev–Trinajstić information content (AvgIpc) is 2.87. The van der Waals surface area contributed by atoms with Gasteiger partial charge in [0, 0.05) is 14.7 Å². The second-order valence-corrected chi connectivity index (χ2v) is 13.9. The third-order valence-electron chi connectivity index (χ3n) is 5.48. The number of unbranched alkanes of at least 4 members (excludes halogenated alkanes) is 3.